The molecule has 1 aliphatic heterocycles. The molecule has 2 heterocycles. The number of amides is 1. The fraction of sp³-hybridized carbons (Fsp3) is 0.667. The highest BCUT2D eigenvalue weighted by Crippen LogP contribution is 2.22. The fourth-order valence-corrected chi connectivity index (χ4v) is 2.05. The van der Waals surface area contributed by atoms with Gasteiger partial charge in [0.05, 0.1) is 24.3 Å². The standard InChI is InChI=1S/C12H19N3O3/c1-5-15-9-7-14(6-8(9)10(16)13-15)11(17)18-12(2,3)4/h5-7H2,1-4H3,(H,13,16). The van der Waals surface area contributed by atoms with Crippen molar-refractivity contribution in [3.8, 4) is 0 Å². The maximum Gasteiger partial charge on any atom is 0.410 e. The number of nitrogens with zero attached hydrogens (tertiary/aromatic N) is 2. The largest absolute Gasteiger partial charge is 0.444 e. The Bertz CT molecular complexity index is 522. The van der Waals surface area contributed by atoms with E-state index in [0.29, 0.717) is 25.2 Å². The lowest BCUT2D eigenvalue weighted by atomic mass is 10.2. The Morgan fingerprint density at radius 2 is 2.06 bits per heavy atom. The molecule has 0 aromatic carbocycles. The molecule has 1 aliphatic rings. The molecule has 6 heteroatoms. The second-order valence-corrected chi connectivity index (χ2v) is 5.45. The van der Waals surface area contributed by atoms with Crippen LogP contribution in [-0.2, 0) is 24.4 Å². The highest BCUT2D eigenvalue weighted by atomic mass is 16.6. The first-order chi connectivity index (χ1) is 8.31. The van der Waals surface area contributed by atoms with Gasteiger partial charge in [0, 0.05) is 6.54 Å². The molecule has 6 nitrogen and oxygen atoms in total. The molecular formula is C12H19N3O3. The molecule has 0 spiro atoms. The molecule has 0 radical (unpaired) electrons. The number of carbonyl (C=O) groups is 1. The minimum Gasteiger partial charge on any atom is -0.444 e. The van der Waals surface area contributed by atoms with E-state index < -0.39 is 5.60 Å². The Balaban J connectivity index is 2.15. The number of rotatable bonds is 1. The fourth-order valence-electron chi connectivity index (χ4n) is 2.05. The number of nitrogens with one attached hydrogen (secondary N) is 1. The Morgan fingerprint density at radius 1 is 1.39 bits per heavy atom. The SMILES string of the molecule is CCn1[nH]c(=O)c2c1CN(C(=O)OC(C)(C)C)C2. The first-order valence-electron chi connectivity index (χ1n) is 6.10. The summed E-state index contributed by atoms with van der Waals surface area (Å²) in [5.74, 6) is 0. The number of aromatic nitrogens is 2. The molecule has 2 rings (SSSR count). The van der Waals surface area contributed by atoms with E-state index in [1.54, 1.807) is 9.58 Å². The summed E-state index contributed by atoms with van der Waals surface area (Å²) in [5.41, 5.74) is 0.922. The number of aromatic amines is 1. The molecular weight excluding hydrogens is 234 g/mol. The summed E-state index contributed by atoms with van der Waals surface area (Å²) in [4.78, 5) is 25.2. The first-order valence-corrected chi connectivity index (χ1v) is 6.10. The number of carbonyl (C=O) groups excluding carboxylic acids is 1. The topological polar surface area (TPSA) is 67.3 Å². The number of aryl methyl sites for hydroxylation is 1. The van der Waals surface area contributed by atoms with Gasteiger partial charge < -0.3 is 4.74 Å². The molecule has 18 heavy (non-hydrogen) atoms. The van der Waals surface area contributed by atoms with Crippen molar-refractivity contribution in [2.24, 2.45) is 0 Å². The average molecular weight is 253 g/mol. The molecule has 0 aliphatic carbocycles. The quantitative estimate of drug-likeness (QED) is 0.823. The van der Waals surface area contributed by atoms with Crippen LogP contribution in [0.5, 0.6) is 0 Å². The average Bonchev–Trinajstić information content (AvgIpc) is 2.77. The van der Waals surface area contributed by atoms with E-state index in [2.05, 4.69) is 5.10 Å². The van der Waals surface area contributed by atoms with Crippen molar-refractivity contribution in [3.63, 3.8) is 0 Å². The smallest absolute Gasteiger partial charge is 0.410 e. The third-order valence-corrected chi connectivity index (χ3v) is 2.84. The Morgan fingerprint density at radius 3 is 2.61 bits per heavy atom. The van der Waals surface area contributed by atoms with E-state index in [1.165, 1.54) is 0 Å². The normalized spacial score (nSPS) is 14.8. The maximum atomic E-state index is 11.9. The Labute approximate surface area is 106 Å². The van der Waals surface area contributed by atoms with Gasteiger partial charge in [0.2, 0.25) is 0 Å². The van der Waals surface area contributed by atoms with Gasteiger partial charge in [-0.1, -0.05) is 0 Å². The van der Waals surface area contributed by atoms with Crippen LogP contribution in [0.4, 0.5) is 4.79 Å². The van der Waals surface area contributed by atoms with E-state index in [0.717, 1.165) is 5.69 Å². The molecule has 1 N–H and O–H groups in total. The number of H-pyrrole nitrogens is 1. The van der Waals surface area contributed by atoms with E-state index in [1.807, 2.05) is 27.7 Å². The summed E-state index contributed by atoms with van der Waals surface area (Å²) in [5, 5.41) is 2.75. The highest BCUT2D eigenvalue weighted by molar-refractivity contribution is 5.69. The summed E-state index contributed by atoms with van der Waals surface area (Å²) in [6.07, 6.45) is -0.374. The van der Waals surface area contributed by atoms with Gasteiger partial charge in [-0.15, -0.1) is 0 Å². The minimum absolute atomic E-state index is 0.113. The number of fused-ring (bicyclic) bond motifs is 1. The van der Waals surface area contributed by atoms with Crippen molar-refractivity contribution in [2.45, 2.75) is 52.9 Å². The molecule has 100 valence electrons. The van der Waals surface area contributed by atoms with Crippen LogP contribution in [-0.4, -0.2) is 26.4 Å². The highest BCUT2D eigenvalue weighted by Gasteiger charge is 2.31. The second-order valence-electron chi connectivity index (χ2n) is 5.45. The van der Waals surface area contributed by atoms with Crippen LogP contribution in [0.3, 0.4) is 0 Å². The van der Waals surface area contributed by atoms with Gasteiger partial charge in [0.15, 0.2) is 0 Å². The summed E-state index contributed by atoms with van der Waals surface area (Å²) < 4.78 is 7.08. The lowest BCUT2D eigenvalue weighted by Gasteiger charge is -2.24. The van der Waals surface area contributed by atoms with E-state index in [-0.39, 0.29) is 11.7 Å². The number of hydrogen-bond acceptors (Lipinski definition) is 3. The van der Waals surface area contributed by atoms with Crippen LogP contribution in [0.15, 0.2) is 4.79 Å². The van der Waals surface area contributed by atoms with Crippen LogP contribution in [0, 0.1) is 0 Å². The monoisotopic (exact) mass is 253 g/mol. The van der Waals surface area contributed by atoms with Crippen LogP contribution in [0.2, 0.25) is 0 Å². The minimum atomic E-state index is -0.517. The molecule has 0 bridgehead atoms. The van der Waals surface area contributed by atoms with Gasteiger partial charge in [-0.25, -0.2) is 4.79 Å². The number of hydrogen-bond donors (Lipinski definition) is 1. The van der Waals surface area contributed by atoms with Crippen molar-refractivity contribution >= 4 is 6.09 Å². The molecule has 0 atom stereocenters. The van der Waals surface area contributed by atoms with Gasteiger partial charge in [-0.05, 0) is 27.7 Å². The van der Waals surface area contributed by atoms with Crippen molar-refractivity contribution in [1.29, 1.82) is 0 Å². The van der Waals surface area contributed by atoms with Gasteiger partial charge in [-0.2, -0.15) is 0 Å². The van der Waals surface area contributed by atoms with Crippen LogP contribution < -0.4 is 5.56 Å². The van der Waals surface area contributed by atoms with Crippen molar-refractivity contribution in [1.82, 2.24) is 14.7 Å². The molecule has 1 amide bonds. The summed E-state index contributed by atoms with van der Waals surface area (Å²) >= 11 is 0. The molecule has 0 saturated heterocycles. The maximum absolute atomic E-state index is 11.9. The molecule has 1 aromatic rings. The first kappa shape index (κ1) is 12.7. The van der Waals surface area contributed by atoms with Crippen LogP contribution in [0.25, 0.3) is 0 Å². The lowest BCUT2D eigenvalue weighted by Crippen LogP contribution is -2.34. The molecule has 0 unspecified atom stereocenters. The summed E-state index contributed by atoms with van der Waals surface area (Å²) in [6.45, 7) is 8.87. The van der Waals surface area contributed by atoms with Crippen molar-refractivity contribution < 1.29 is 9.53 Å². The zero-order valence-corrected chi connectivity index (χ0v) is 11.2. The van der Waals surface area contributed by atoms with E-state index >= 15 is 0 Å². The second kappa shape index (κ2) is 4.19. The van der Waals surface area contributed by atoms with Crippen LogP contribution in [0.1, 0.15) is 39.0 Å². The third kappa shape index (κ3) is 2.27. The summed E-state index contributed by atoms with van der Waals surface area (Å²) in [6, 6.07) is 0. The number of ether oxygens (including phenoxy) is 1. The third-order valence-electron chi connectivity index (χ3n) is 2.84. The Kier molecular flexibility index (Phi) is 2.96. The molecule has 0 saturated carbocycles. The van der Waals surface area contributed by atoms with Gasteiger partial charge in [-0.3, -0.25) is 19.5 Å². The van der Waals surface area contributed by atoms with Crippen molar-refractivity contribution in [3.05, 3.63) is 21.6 Å². The Hall–Kier alpha value is -1.72. The lowest BCUT2D eigenvalue weighted by molar-refractivity contribution is 0.0237. The molecule has 1 aromatic heterocycles. The predicted molar refractivity (Wildman–Crippen MR) is 66.2 cm³/mol. The summed E-state index contributed by atoms with van der Waals surface area (Å²) in [7, 11) is 0. The van der Waals surface area contributed by atoms with Crippen LogP contribution >= 0.6 is 0 Å². The zero-order valence-electron chi connectivity index (χ0n) is 11.2. The molecule has 0 fully saturated rings. The predicted octanol–water partition coefficient (Wildman–Crippen LogP) is 1.45. The van der Waals surface area contributed by atoms with Gasteiger partial charge >= 0.3 is 6.09 Å². The van der Waals surface area contributed by atoms with Gasteiger partial charge in [0.25, 0.3) is 5.56 Å². The van der Waals surface area contributed by atoms with E-state index in [4.69, 9.17) is 4.74 Å². The van der Waals surface area contributed by atoms with E-state index in [9.17, 15) is 9.59 Å². The van der Waals surface area contributed by atoms with Gasteiger partial charge in [0.1, 0.15) is 5.60 Å². The van der Waals surface area contributed by atoms with Crippen molar-refractivity contribution in [2.75, 3.05) is 0 Å². The zero-order chi connectivity index (χ0) is 13.5.